The quantitative estimate of drug-likeness (QED) is 0.424. The number of hydrogen-bond acceptors (Lipinski definition) is 5. The Labute approximate surface area is 182 Å². The van der Waals surface area contributed by atoms with E-state index in [1.54, 1.807) is 7.11 Å². The highest BCUT2D eigenvalue weighted by atomic mass is 16.5. The maximum absolute atomic E-state index is 5.57. The van der Waals surface area contributed by atoms with Gasteiger partial charge in [-0.1, -0.05) is 26.0 Å². The van der Waals surface area contributed by atoms with Gasteiger partial charge in [-0.15, -0.1) is 0 Å². The Bertz CT molecular complexity index is 613. The van der Waals surface area contributed by atoms with Crippen molar-refractivity contribution in [3.8, 4) is 5.75 Å². The van der Waals surface area contributed by atoms with Crippen LogP contribution < -0.4 is 15.4 Å². The predicted octanol–water partition coefficient (Wildman–Crippen LogP) is 2.35. The molecule has 1 saturated heterocycles. The minimum atomic E-state index is 0.254. The van der Waals surface area contributed by atoms with Crippen molar-refractivity contribution in [1.29, 1.82) is 0 Å². The molecule has 0 aliphatic carbocycles. The third-order valence-corrected chi connectivity index (χ3v) is 5.74. The third kappa shape index (κ3) is 7.45. The van der Waals surface area contributed by atoms with E-state index in [9.17, 15) is 0 Å². The number of likely N-dealkylation sites (N-methyl/N-ethyl adjacent to an activating group) is 1. The summed E-state index contributed by atoms with van der Waals surface area (Å²) < 4.78 is 10.9. The minimum Gasteiger partial charge on any atom is -0.497 e. The molecule has 1 heterocycles. The number of nitrogens with one attached hydrogen (secondary N) is 2. The van der Waals surface area contributed by atoms with Crippen LogP contribution in [-0.4, -0.2) is 87.9 Å². The molecule has 1 aromatic carbocycles. The van der Waals surface area contributed by atoms with Crippen LogP contribution in [0.15, 0.2) is 29.3 Å². The summed E-state index contributed by atoms with van der Waals surface area (Å²) >= 11 is 0. The van der Waals surface area contributed by atoms with E-state index in [-0.39, 0.29) is 6.04 Å². The van der Waals surface area contributed by atoms with Crippen molar-refractivity contribution in [2.24, 2.45) is 4.99 Å². The largest absolute Gasteiger partial charge is 0.497 e. The molecule has 0 radical (unpaired) electrons. The standard InChI is InChI=1S/C23H41N5O2/c1-6-24-23(25-17-19(4)27(7-2)8-3)26-18-22(28-13-15-30-16-14-28)20-9-11-21(29-5)12-10-20/h9-12,19,22H,6-8,13-18H2,1-5H3,(H2,24,25,26). The minimum absolute atomic E-state index is 0.254. The first-order chi connectivity index (χ1) is 14.6. The molecule has 30 heavy (non-hydrogen) atoms. The number of aliphatic imine (C=N–C) groups is 1. The Kier molecular flexibility index (Phi) is 11.0. The van der Waals surface area contributed by atoms with Crippen LogP contribution in [0.25, 0.3) is 0 Å². The Balaban J connectivity index is 2.08. The van der Waals surface area contributed by atoms with Crippen molar-refractivity contribution in [2.45, 2.75) is 39.8 Å². The molecule has 2 rings (SSSR count). The number of hydrogen-bond donors (Lipinski definition) is 2. The van der Waals surface area contributed by atoms with Gasteiger partial charge < -0.3 is 20.1 Å². The number of ether oxygens (including phenoxy) is 2. The monoisotopic (exact) mass is 419 g/mol. The van der Waals surface area contributed by atoms with Crippen molar-refractivity contribution >= 4 is 5.96 Å². The van der Waals surface area contributed by atoms with Crippen molar-refractivity contribution in [2.75, 3.05) is 66.1 Å². The Morgan fingerprint density at radius 2 is 1.80 bits per heavy atom. The molecule has 1 fully saturated rings. The second-order valence-corrected chi connectivity index (χ2v) is 7.61. The number of rotatable bonds is 11. The average Bonchev–Trinajstić information content (AvgIpc) is 2.79. The smallest absolute Gasteiger partial charge is 0.191 e. The lowest BCUT2D eigenvalue weighted by molar-refractivity contribution is 0.0170. The van der Waals surface area contributed by atoms with Crippen LogP contribution in [0.1, 0.15) is 39.3 Å². The SMILES string of the molecule is CCNC(=NCC(C)N(CC)CC)NCC(c1ccc(OC)cc1)N1CCOCC1. The van der Waals surface area contributed by atoms with Crippen molar-refractivity contribution < 1.29 is 9.47 Å². The van der Waals surface area contributed by atoms with Gasteiger partial charge in [0.1, 0.15) is 5.75 Å². The van der Waals surface area contributed by atoms with Crippen LogP contribution in [-0.2, 0) is 4.74 Å². The number of methoxy groups -OCH3 is 1. The average molecular weight is 420 g/mol. The van der Waals surface area contributed by atoms with Gasteiger partial charge >= 0.3 is 0 Å². The van der Waals surface area contributed by atoms with Crippen LogP contribution in [0.3, 0.4) is 0 Å². The molecule has 7 heteroatoms. The molecule has 0 amide bonds. The normalized spacial score (nSPS) is 17.6. The van der Waals surface area contributed by atoms with Crippen LogP contribution in [0.2, 0.25) is 0 Å². The predicted molar refractivity (Wildman–Crippen MR) is 124 cm³/mol. The zero-order valence-corrected chi connectivity index (χ0v) is 19.5. The highest BCUT2D eigenvalue weighted by Gasteiger charge is 2.23. The molecule has 0 aromatic heterocycles. The molecule has 1 aromatic rings. The molecule has 2 atom stereocenters. The van der Waals surface area contributed by atoms with E-state index in [0.717, 1.165) is 70.7 Å². The van der Waals surface area contributed by atoms with Crippen LogP contribution in [0.5, 0.6) is 5.75 Å². The molecule has 2 N–H and O–H groups in total. The summed E-state index contributed by atoms with van der Waals surface area (Å²) in [4.78, 5) is 9.78. The van der Waals surface area contributed by atoms with E-state index in [0.29, 0.717) is 6.04 Å². The first-order valence-electron chi connectivity index (χ1n) is 11.3. The molecular formula is C23H41N5O2. The van der Waals surface area contributed by atoms with E-state index >= 15 is 0 Å². The Morgan fingerprint density at radius 1 is 1.13 bits per heavy atom. The number of benzene rings is 1. The van der Waals surface area contributed by atoms with Crippen LogP contribution in [0, 0.1) is 0 Å². The Hall–Kier alpha value is -1.83. The van der Waals surface area contributed by atoms with Gasteiger partial charge in [0.2, 0.25) is 0 Å². The lowest BCUT2D eigenvalue weighted by atomic mass is 10.0. The number of nitrogens with zero attached hydrogens (tertiary/aromatic N) is 3. The van der Waals surface area contributed by atoms with Crippen molar-refractivity contribution in [3.05, 3.63) is 29.8 Å². The zero-order chi connectivity index (χ0) is 21.8. The zero-order valence-electron chi connectivity index (χ0n) is 19.5. The van der Waals surface area contributed by atoms with Gasteiger partial charge in [-0.05, 0) is 44.6 Å². The second kappa shape index (κ2) is 13.5. The van der Waals surface area contributed by atoms with Gasteiger partial charge in [-0.2, -0.15) is 0 Å². The maximum atomic E-state index is 5.57. The van der Waals surface area contributed by atoms with Crippen LogP contribution in [0.4, 0.5) is 0 Å². The third-order valence-electron chi connectivity index (χ3n) is 5.74. The summed E-state index contributed by atoms with van der Waals surface area (Å²) in [5.41, 5.74) is 1.28. The summed E-state index contributed by atoms with van der Waals surface area (Å²) in [6.45, 7) is 16.7. The van der Waals surface area contributed by atoms with E-state index in [1.807, 2.05) is 12.1 Å². The lowest BCUT2D eigenvalue weighted by Gasteiger charge is -2.35. The van der Waals surface area contributed by atoms with E-state index < -0.39 is 0 Å². The van der Waals surface area contributed by atoms with Gasteiger partial charge in [0.05, 0.1) is 32.9 Å². The summed E-state index contributed by atoms with van der Waals surface area (Å²) in [6.07, 6.45) is 0. The van der Waals surface area contributed by atoms with E-state index in [2.05, 4.69) is 60.3 Å². The molecule has 0 spiro atoms. The maximum Gasteiger partial charge on any atom is 0.191 e. The molecule has 0 bridgehead atoms. The first-order valence-corrected chi connectivity index (χ1v) is 11.3. The molecule has 7 nitrogen and oxygen atoms in total. The summed E-state index contributed by atoms with van der Waals surface area (Å²) in [5.74, 6) is 1.76. The summed E-state index contributed by atoms with van der Waals surface area (Å²) in [7, 11) is 1.70. The van der Waals surface area contributed by atoms with Gasteiger partial charge in [-0.3, -0.25) is 14.8 Å². The van der Waals surface area contributed by atoms with Gasteiger partial charge in [0.15, 0.2) is 5.96 Å². The fraction of sp³-hybridized carbons (Fsp3) is 0.696. The summed E-state index contributed by atoms with van der Waals surface area (Å²) in [6, 6.07) is 9.07. The first kappa shape index (κ1) is 24.4. The Morgan fingerprint density at radius 3 is 2.37 bits per heavy atom. The van der Waals surface area contributed by atoms with Crippen molar-refractivity contribution in [3.63, 3.8) is 0 Å². The molecule has 1 aliphatic rings. The fourth-order valence-electron chi connectivity index (χ4n) is 3.89. The highest BCUT2D eigenvalue weighted by molar-refractivity contribution is 5.79. The second-order valence-electron chi connectivity index (χ2n) is 7.61. The molecule has 0 saturated carbocycles. The topological polar surface area (TPSA) is 61.4 Å². The highest BCUT2D eigenvalue weighted by Crippen LogP contribution is 2.23. The number of guanidine groups is 1. The molecule has 1 aliphatic heterocycles. The number of morpholine rings is 1. The fourth-order valence-corrected chi connectivity index (χ4v) is 3.89. The molecule has 2 unspecified atom stereocenters. The lowest BCUT2D eigenvalue weighted by Crippen LogP contribution is -2.46. The van der Waals surface area contributed by atoms with Crippen LogP contribution >= 0.6 is 0 Å². The van der Waals surface area contributed by atoms with E-state index in [4.69, 9.17) is 14.5 Å². The molecular weight excluding hydrogens is 378 g/mol. The molecule has 170 valence electrons. The van der Waals surface area contributed by atoms with E-state index in [1.165, 1.54) is 5.56 Å². The van der Waals surface area contributed by atoms with Gasteiger partial charge in [0.25, 0.3) is 0 Å². The van der Waals surface area contributed by atoms with Gasteiger partial charge in [-0.25, -0.2) is 0 Å². The van der Waals surface area contributed by atoms with Crippen molar-refractivity contribution in [1.82, 2.24) is 20.4 Å². The summed E-state index contributed by atoms with van der Waals surface area (Å²) in [5, 5.41) is 6.98. The van der Waals surface area contributed by atoms with Gasteiger partial charge in [0, 0.05) is 32.2 Å².